The van der Waals surface area contributed by atoms with Crippen LogP contribution in [0.1, 0.15) is 35.6 Å². The Morgan fingerprint density at radius 3 is 2.35 bits per heavy atom. The van der Waals surface area contributed by atoms with Crippen molar-refractivity contribution >= 4 is 5.95 Å². The number of rotatable bonds is 3. The summed E-state index contributed by atoms with van der Waals surface area (Å²) in [5.74, 6) is 2.51. The van der Waals surface area contributed by atoms with Crippen molar-refractivity contribution in [3.8, 4) is 0 Å². The number of nitrogens with zero attached hydrogens (tertiary/aromatic N) is 2. The van der Waals surface area contributed by atoms with Crippen LogP contribution in [-0.4, -0.2) is 9.97 Å². The molecule has 1 N–H and O–H groups in total. The molecule has 90 valence electrons. The number of aromatic nitrogens is 2. The van der Waals surface area contributed by atoms with E-state index in [-0.39, 0.29) is 6.04 Å². The first-order chi connectivity index (χ1) is 8.06. The summed E-state index contributed by atoms with van der Waals surface area (Å²) in [6, 6.07) is 2.18. The molecule has 0 saturated heterocycles. The summed E-state index contributed by atoms with van der Waals surface area (Å²) in [5, 5.41) is 3.26. The maximum Gasteiger partial charge on any atom is 0.223 e. The van der Waals surface area contributed by atoms with E-state index in [4.69, 9.17) is 4.42 Å². The number of nitrogens with one attached hydrogen (secondary N) is 1. The maximum absolute atomic E-state index is 5.51. The Bertz CT molecular complexity index is 502. The van der Waals surface area contributed by atoms with E-state index in [2.05, 4.69) is 22.2 Å². The van der Waals surface area contributed by atoms with Crippen LogP contribution in [0, 0.1) is 20.8 Å². The molecule has 0 fully saturated rings. The van der Waals surface area contributed by atoms with Crippen LogP contribution in [0.15, 0.2) is 22.9 Å². The van der Waals surface area contributed by atoms with Crippen LogP contribution in [0.25, 0.3) is 0 Å². The molecular weight excluding hydrogens is 214 g/mol. The van der Waals surface area contributed by atoms with Gasteiger partial charge in [-0.3, -0.25) is 0 Å². The van der Waals surface area contributed by atoms with Crippen LogP contribution in [0.5, 0.6) is 0 Å². The fourth-order valence-electron chi connectivity index (χ4n) is 1.82. The Hall–Kier alpha value is -1.84. The average Bonchev–Trinajstić information content (AvgIpc) is 2.61. The lowest BCUT2D eigenvalue weighted by molar-refractivity contribution is 0.499. The second kappa shape index (κ2) is 4.57. The molecular formula is C13H17N3O. The van der Waals surface area contributed by atoms with Crippen molar-refractivity contribution in [3.05, 3.63) is 41.1 Å². The molecule has 1 atom stereocenters. The van der Waals surface area contributed by atoms with Crippen molar-refractivity contribution in [2.75, 3.05) is 5.32 Å². The van der Waals surface area contributed by atoms with Crippen molar-refractivity contribution in [1.29, 1.82) is 0 Å². The van der Waals surface area contributed by atoms with Crippen LogP contribution < -0.4 is 5.32 Å². The summed E-state index contributed by atoms with van der Waals surface area (Å²) >= 11 is 0. The minimum atomic E-state index is 0.134. The van der Waals surface area contributed by atoms with Crippen LogP contribution in [0.4, 0.5) is 5.95 Å². The van der Waals surface area contributed by atoms with Crippen molar-refractivity contribution in [2.45, 2.75) is 33.7 Å². The van der Waals surface area contributed by atoms with Gasteiger partial charge in [-0.15, -0.1) is 0 Å². The topological polar surface area (TPSA) is 51.0 Å². The van der Waals surface area contributed by atoms with Gasteiger partial charge in [0.1, 0.15) is 11.5 Å². The van der Waals surface area contributed by atoms with E-state index in [1.807, 2.05) is 26.8 Å². The highest BCUT2D eigenvalue weighted by Crippen LogP contribution is 2.23. The highest BCUT2D eigenvalue weighted by atomic mass is 16.3. The number of hydrogen-bond acceptors (Lipinski definition) is 4. The Balaban J connectivity index is 2.14. The number of furan rings is 1. The van der Waals surface area contributed by atoms with E-state index in [1.54, 1.807) is 12.4 Å². The van der Waals surface area contributed by atoms with Gasteiger partial charge in [-0.1, -0.05) is 0 Å². The molecule has 0 spiro atoms. The molecule has 0 aliphatic carbocycles. The average molecular weight is 231 g/mol. The Labute approximate surface area is 101 Å². The Morgan fingerprint density at radius 2 is 1.82 bits per heavy atom. The summed E-state index contributed by atoms with van der Waals surface area (Å²) < 4.78 is 5.51. The molecule has 0 aliphatic heterocycles. The van der Waals surface area contributed by atoms with Crippen LogP contribution in [0.3, 0.4) is 0 Å². The third-order valence-electron chi connectivity index (χ3n) is 2.67. The van der Waals surface area contributed by atoms with Gasteiger partial charge in [-0.25, -0.2) is 9.97 Å². The first-order valence-electron chi connectivity index (χ1n) is 5.68. The van der Waals surface area contributed by atoms with Gasteiger partial charge in [-0.2, -0.15) is 0 Å². The lowest BCUT2D eigenvalue weighted by Crippen LogP contribution is -2.09. The molecule has 0 aliphatic rings. The molecule has 0 radical (unpaired) electrons. The molecule has 0 bridgehead atoms. The minimum Gasteiger partial charge on any atom is -0.466 e. The predicted molar refractivity (Wildman–Crippen MR) is 67.0 cm³/mol. The zero-order valence-electron chi connectivity index (χ0n) is 10.6. The molecule has 2 rings (SSSR count). The van der Waals surface area contributed by atoms with Gasteiger partial charge in [0.05, 0.1) is 6.04 Å². The van der Waals surface area contributed by atoms with E-state index in [0.717, 1.165) is 22.6 Å². The molecule has 2 aromatic heterocycles. The number of anilines is 1. The normalized spacial score (nSPS) is 12.5. The maximum atomic E-state index is 5.51. The zero-order chi connectivity index (χ0) is 12.4. The van der Waals surface area contributed by atoms with Gasteiger partial charge in [0.25, 0.3) is 0 Å². The lowest BCUT2D eigenvalue weighted by Gasteiger charge is -2.12. The zero-order valence-corrected chi connectivity index (χ0v) is 10.6. The Morgan fingerprint density at radius 1 is 1.18 bits per heavy atom. The van der Waals surface area contributed by atoms with E-state index >= 15 is 0 Å². The summed E-state index contributed by atoms with van der Waals surface area (Å²) in [7, 11) is 0. The number of aryl methyl sites for hydroxylation is 3. The third kappa shape index (κ3) is 2.64. The van der Waals surface area contributed by atoms with Crippen molar-refractivity contribution < 1.29 is 4.42 Å². The molecule has 4 nitrogen and oxygen atoms in total. The van der Waals surface area contributed by atoms with Gasteiger partial charge >= 0.3 is 0 Å². The third-order valence-corrected chi connectivity index (χ3v) is 2.67. The van der Waals surface area contributed by atoms with Gasteiger partial charge in [0.2, 0.25) is 5.95 Å². The highest BCUT2D eigenvalue weighted by Gasteiger charge is 2.13. The van der Waals surface area contributed by atoms with Crippen molar-refractivity contribution in [2.24, 2.45) is 0 Å². The summed E-state index contributed by atoms with van der Waals surface area (Å²) in [6.45, 7) is 7.96. The van der Waals surface area contributed by atoms with Crippen molar-refractivity contribution in [1.82, 2.24) is 9.97 Å². The van der Waals surface area contributed by atoms with Crippen LogP contribution >= 0.6 is 0 Å². The van der Waals surface area contributed by atoms with Crippen LogP contribution in [-0.2, 0) is 0 Å². The van der Waals surface area contributed by atoms with E-state index < -0.39 is 0 Å². The predicted octanol–water partition coefficient (Wildman–Crippen LogP) is 3.17. The van der Waals surface area contributed by atoms with Crippen LogP contribution in [0.2, 0.25) is 0 Å². The molecule has 2 heterocycles. The molecule has 1 unspecified atom stereocenters. The van der Waals surface area contributed by atoms with E-state index in [0.29, 0.717) is 5.95 Å². The summed E-state index contributed by atoms with van der Waals surface area (Å²) in [5.41, 5.74) is 2.20. The molecule has 17 heavy (non-hydrogen) atoms. The standard InChI is InChI=1S/C13H17N3O/c1-8-6-14-13(15-7-8)16-10(3)12-5-9(2)17-11(12)4/h5-7,10H,1-4H3,(H,14,15,16). The minimum absolute atomic E-state index is 0.134. The van der Waals surface area contributed by atoms with Gasteiger partial charge in [-0.05, 0) is 39.3 Å². The molecule has 0 amide bonds. The highest BCUT2D eigenvalue weighted by molar-refractivity contribution is 5.33. The quantitative estimate of drug-likeness (QED) is 0.881. The fourth-order valence-corrected chi connectivity index (χ4v) is 1.82. The monoisotopic (exact) mass is 231 g/mol. The van der Waals surface area contributed by atoms with E-state index in [1.165, 1.54) is 0 Å². The second-order valence-electron chi connectivity index (χ2n) is 4.32. The van der Waals surface area contributed by atoms with Gasteiger partial charge < -0.3 is 9.73 Å². The Kier molecular flexibility index (Phi) is 3.13. The second-order valence-corrected chi connectivity index (χ2v) is 4.32. The van der Waals surface area contributed by atoms with E-state index in [9.17, 15) is 0 Å². The fraction of sp³-hybridized carbons (Fsp3) is 0.385. The summed E-state index contributed by atoms with van der Waals surface area (Å²) in [4.78, 5) is 8.45. The number of hydrogen-bond donors (Lipinski definition) is 1. The first kappa shape index (κ1) is 11.6. The largest absolute Gasteiger partial charge is 0.466 e. The molecule has 4 heteroatoms. The van der Waals surface area contributed by atoms with Gasteiger partial charge in [0, 0.05) is 18.0 Å². The summed E-state index contributed by atoms with van der Waals surface area (Å²) in [6.07, 6.45) is 3.60. The molecule has 0 aromatic carbocycles. The SMILES string of the molecule is Cc1cnc(NC(C)c2cc(C)oc2C)nc1. The smallest absolute Gasteiger partial charge is 0.223 e. The first-order valence-corrected chi connectivity index (χ1v) is 5.68. The van der Waals surface area contributed by atoms with Crippen molar-refractivity contribution in [3.63, 3.8) is 0 Å². The lowest BCUT2D eigenvalue weighted by atomic mass is 10.1. The molecule has 2 aromatic rings. The molecule has 0 saturated carbocycles. The van der Waals surface area contributed by atoms with Gasteiger partial charge in [0.15, 0.2) is 0 Å².